The van der Waals surface area contributed by atoms with Crippen LogP contribution in [0, 0.1) is 0 Å². The summed E-state index contributed by atoms with van der Waals surface area (Å²) < 4.78 is 0. The first kappa shape index (κ1) is 15.2. The number of nitrogens with one attached hydrogen (secondary N) is 2. The highest BCUT2D eigenvalue weighted by Crippen LogP contribution is 2.28. The van der Waals surface area contributed by atoms with Gasteiger partial charge in [0, 0.05) is 17.8 Å². The van der Waals surface area contributed by atoms with E-state index in [1.807, 2.05) is 17.8 Å². The van der Waals surface area contributed by atoms with Gasteiger partial charge in [-0.05, 0) is 37.7 Å². The molecule has 110 valence electrons. The van der Waals surface area contributed by atoms with Crippen LogP contribution in [0.4, 0.5) is 5.69 Å². The number of rotatable bonds is 6. The molecule has 1 aromatic heterocycles. The third-order valence-corrected chi connectivity index (χ3v) is 4.82. The molecule has 2 rings (SSSR count). The summed E-state index contributed by atoms with van der Waals surface area (Å²) >= 11 is 1.84. The fourth-order valence-corrected chi connectivity index (χ4v) is 3.45. The largest absolute Gasteiger partial charge is 0.384 e. The van der Waals surface area contributed by atoms with Crippen LogP contribution < -0.4 is 10.6 Å². The van der Waals surface area contributed by atoms with E-state index >= 15 is 0 Å². The summed E-state index contributed by atoms with van der Waals surface area (Å²) in [4.78, 5) is 16.4. The van der Waals surface area contributed by atoms with Crippen LogP contribution in [0.2, 0.25) is 0 Å². The van der Waals surface area contributed by atoms with Crippen molar-refractivity contribution in [1.29, 1.82) is 0 Å². The van der Waals surface area contributed by atoms with Crippen LogP contribution in [0.3, 0.4) is 0 Å². The maximum absolute atomic E-state index is 12.2. The van der Waals surface area contributed by atoms with Crippen molar-refractivity contribution < 1.29 is 4.79 Å². The maximum atomic E-state index is 12.2. The fraction of sp³-hybridized carbons (Fsp3) is 0.600. The third-order valence-electron chi connectivity index (χ3n) is 3.65. The molecule has 5 heteroatoms. The Hall–Kier alpha value is -1.23. The molecule has 1 heterocycles. The number of carbonyl (C=O) groups is 1. The lowest BCUT2D eigenvalue weighted by Gasteiger charge is -2.18. The second-order valence-corrected chi connectivity index (χ2v) is 6.22. The van der Waals surface area contributed by atoms with Gasteiger partial charge in [-0.2, -0.15) is 11.8 Å². The Bertz CT molecular complexity index is 435. The van der Waals surface area contributed by atoms with Crippen molar-refractivity contribution in [3.8, 4) is 0 Å². The molecule has 0 saturated heterocycles. The van der Waals surface area contributed by atoms with E-state index in [2.05, 4.69) is 28.8 Å². The van der Waals surface area contributed by atoms with Gasteiger partial charge in [0.05, 0.1) is 11.9 Å². The summed E-state index contributed by atoms with van der Waals surface area (Å²) in [7, 11) is 0. The highest BCUT2D eigenvalue weighted by atomic mass is 32.2. The minimum atomic E-state index is -0.0574. The first-order valence-electron chi connectivity index (χ1n) is 7.28. The van der Waals surface area contributed by atoms with Gasteiger partial charge in [0.1, 0.15) is 5.69 Å². The van der Waals surface area contributed by atoms with Crippen LogP contribution in [-0.2, 0) is 0 Å². The number of nitrogens with zero attached hydrogens (tertiary/aromatic N) is 1. The molecule has 1 saturated carbocycles. The molecule has 2 unspecified atom stereocenters. The summed E-state index contributed by atoms with van der Waals surface area (Å²) in [5.74, 6) is -0.0574. The highest BCUT2D eigenvalue weighted by Gasteiger charge is 2.28. The average molecular weight is 293 g/mol. The minimum Gasteiger partial charge on any atom is -0.384 e. The summed E-state index contributed by atoms with van der Waals surface area (Å²) in [5, 5.41) is 6.91. The molecule has 20 heavy (non-hydrogen) atoms. The molecule has 0 bridgehead atoms. The van der Waals surface area contributed by atoms with Gasteiger partial charge in [0.25, 0.3) is 5.91 Å². The predicted molar refractivity (Wildman–Crippen MR) is 85.4 cm³/mol. The van der Waals surface area contributed by atoms with E-state index in [0.717, 1.165) is 25.1 Å². The molecule has 1 aromatic rings. The van der Waals surface area contributed by atoms with Crippen molar-refractivity contribution >= 4 is 23.4 Å². The monoisotopic (exact) mass is 293 g/mol. The fourth-order valence-electron chi connectivity index (χ4n) is 2.52. The van der Waals surface area contributed by atoms with Gasteiger partial charge in [0.2, 0.25) is 0 Å². The predicted octanol–water partition coefficient (Wildman–Crippen LogP) is 2.92. The van der Waals surface area contributed by atoms with Gasteiger partial charge in [-0.1, -0.05) is 13.3 Å². The Morgan fingerprint density at radius 2 is 2.30 bits per heavy atom. The second-order valence-electron chi connectivity index (χ2n) is 5.14. The zero-order valence-electron chi connectivity index (χ0n) is 12.2. The topological polar surface area (TPSA) is 54.0 Å². The lowest BCUT2D eigenvalue weighted by molar-refractivity contribution is 0.0933. The van der Waals surface area contributed by atoms with Gasteiger partial charge >= 0.3 is 0 Å². The molecule has 0 spiro atoms. The van der Waals surface area contributed by atoms with Crippen LogP contribution in [-0.4, -0.2) is 35.0 Å². The third kappa shape index (κ3) is 3.88. The van der Waals surface area contributed by atoms with Crippen LogP contribution >= 0.6 is 11.8 Å². The Balaban J connectivity index is 1.92. The number of hydrogen-bond donors (Lipinski definition) is 2. The number of carbonyl (C=O) groups excluding carboxylic acids is 1. The Morgan fingerprint density at radius 1 is 1.45 bits per heavy atom. The van der Waals surface area contributed by atoms with Gasteiger partial charge in [0.15, 0.2) is 0 Å². The number of thioether (sulfide) groups is 1. The maximum Gasteiger partial charge on any atom is 0.270 e. The average Bonchev–Trinajstić information content (AvgIpc) is 2.92. The molecule has 2 atom stereocenters. The van der Waals surface area contributed by atoms with Gasteiger partial charge in [-0.25, -0.2) is 4.98 Å². The van der Waals surface area contributed by atoms with Crippen LogP contribution in [0.5, 0.6) is 0 Å². The lowest BCUT2D eigenvalue weighted by Crippen LogP contribution is -2.38. The van der Waals surface area contributed by atoms with Crippen molar-refractivity contribution in [3.05, 3.63) is 24.0 Å². The molecular formula is C15H23N3OS. The molecule has 4 nitrogen and oxygen atoms in total. The number of hydrogen-bond acceptors (Lipinski definition) is 4. The van der Waals surface area contributed by atoms with Crippen molar-refractivity contribution in [2.45, 2.75) is 43.9 Å². The lowest BCUT2D eigenvalue weighted by atomic mass is 10.2. The summed E-state index contributed by atoms with van der Waals surface area (Å²) in [5.41, 5.74) is 1.46. The molecule has 1 fully saturated rings. The van der Waals surface area contributed by atoms with Crippen molar-refractivity contribution in [1.82, 2.24) is 10.3 Å². The molecule has 2 N–H and O–H groups in total. The minimum absolute atomic E-state index is 0.0574. The SMILES string of the molecule is CCCNc1ccc(C(=O)NC2CCCC2SC)nc1. The van der Waals surface area contributed by atoms with E-state index in [0.29, 0.717) is 10.9 Å². The second kappa shape index (κ2) is 7.53. The quantitative estimate of drug-likeness (QED) is 0.847. The van der Waals surface area contributed by atoms with E-state index in [1.54, 1.807) is 12.3 Å². The molecule has 1 aliphatic carbocycles. The molecule has 1 aliphatic rings. The molecule has 0 radical (unpaired) electrons. The van der Waals surface area contributed by atoms with Crippen LogP contribution in [0.25, 0.3) is 0 Å². The zero-order chi connectivity index (χ0) is 14.4. The standard InChI is InChI=1S/C15H23N3OS/c1-3-9-16-11-7-8-13(17-10-11)15(19)18-12-5-4-6-14(12)20-2/h7-8,10,12,14,16H,3-6,9H2,1-2H3,(H,18,19). The van der Waals surface area contributed by atoms with E-state index < -0.39 is 0 Å². The van der Waals surface area contributed by atoms with Gasteiger partial charge in [-0.3, -0.25) is 4.79 Å². The number of anilines is 1. The Kier molecular flexibility index (Phi) is 5.71. The normalized spacial score (nSPS) is 21.7. The highest BCUT2D eigenvalue weighted by molar-refractivity contribution is 7.99. The molecule has 0 aromatic carbocycles. The van der Waals surface area contributed by atoms with E-state index in [-0.39, 0.29) is 11.9 Å². The molecule has 1 amide bonds. The first-order valence-corrected chi connectivity index (χ1v) is 8.57. The van der Waals surface area contributed by atoms with E-state index in [9.17, 15) is 4.79 Å². The number of pyridine rings is 1. The van der Waals surface area contributed by atoms with Crippen molar-refractivity contribution in [2.24, 2.45) is 0 Å². The molecule has 0 aliphatic heterocycles. The van der Waals surface area contributed by atoms with Gasteiger partial charge < -0.3 is 10.6 Å². The van der Waals surface area contributed by atoms with Crippen molar-refractivity contribution in [3.63, 3.8) is 0 Å². The number of amides is 1. The van der Waals surface area contributed by atoms with E-state index in [1.165, 1.54) is 12.8 Å². The van der Waals surface area contributed by atoms with Crippen LogP contribution in [0.15, 0.2) is 18.3 Å². The van der Waals surface area contributed by atoms with Crippen LogP contribution in [0.1, 0.15) is 43.1 Å². The number of aromatic nitrogens is 1. The molecular weight excluding hydrogens is 270 g/mol. The van der Waals surface area contributed by atoms with E-state index in [4.69, 9.17) is 0 Å². The Morgan fingerprint density at radius 3 is 2.95 bits per heavy atom. The summed E-state index contributed by atoms with van der Waals surface area (Å²) in [6.45, 7) is 3.04. The summed E-state index contributed by atoms with van der Waals surface area (Å²) in [6, 6.07) is 3.99. The van der Waals surface area contributed by atoms with Gasteiger partial charge in [-0.15, -0.1) is 0 Å². The smallest absolute Gasteiger partial charge is 0.270 e. The Labute approximate surface area is 125 Å². The first-order chi connectivity index (χ1) is 9.74. The summed E-state index contributed by atoms with van der Waals surface area (Å²) in [6.07, 6.45) is 8.38. The van der Waals surface area contributed by atoms with Crippen molar-refractivity contribution in [2.75, 3.05) is 18.1 Å². The zero-order valence-corrected chi connectivity index (χ0v) is 13.0.